The number of nitrogens with zero attached hydrogens (tertiary/aromatic N) is 1. The number of likely N-dealkylation sites (tertiary alicyclic amines) is 1. The Hall–Kier alpha value is -2.75. The van der Waals surface area contributed by atoms with Gasteiger partial charge in [-0.15, -0.1) is 0 Å². The van der Waals surface area contributed by atoms with E-state index in [1.54, 1.807) is 0 Å². The Morgan fingerprint density at radius 1 is 1.00 bits per heavy atom. The van der Waals surface area contributed by atoms with Crippen molar-refractivity contribution in [3.8, 4) is 11.5 Å². The highest BCUT2D eigenvalue weighted by Crippen LogP contribution is 2.27. The minimum Gasteiger partial charge on any atom is -0.457 e. The number of fused-ring (bicyclic) bond motifs is 1. The maximum absolute atomic E-state index is 12.9. The zero-order valence-corrected chi connectivity index (χ0v) is 15.2. The second-order valence-corrected chi connectivity index (χ2v) is 7.50. The summed E-state index contributed by atoms with van der Waals surface area (Å²) < 4.78 is 5.89. The molecule has 1 aliphatic rings. The molecule has 4 heteroatoms. The molecule has 4 rings (SSSR count). The number of benzene rings is 2. The first-order valence-electron chi connectivity index (χ1n) is 9.23. The van der Waals surface area contributed by atoms with Crippen molar-refractivity contribution in [1.82, 2.24) is 9.88 Å². The number of hydrogen-bond acceptors (Lipinski definition) is 2. The average Bonchev–Trinajstić information content (AvgIpc) is 3.04. The molecule has 4 nitrogen and oxygen atoms in total. The van der Waals surface area contributed by atoms with Crippen LogP contribution in [-0.2, 0) is 0 Å². The number of hydrogen-bond donors (Lipinski definition) is 1. The van der Waals surface area contributed by atoms with Gasteiger partial charge in [0.2, 0.25) is 0 Å². The Kier molecular flexibility index (Phi) is 4.41. The zero-order chi connectivity index (χ0) is 18.1. The number of aromatic nitrogens is 1. The largest absolute Gasteiger partial charge is 0.457 e. The predicted molar refractivity (Wildman–Crippen MR) is 104 cm³/mol. The molecule has 0 spiro atoms. The van der Waals surface area contributed by atoms with E-state index in [2.05, 4.69) is 18.8 Å². The highest BCUT2D eigenvalue weighted by Gasteiger charge is 2.26. The van der Waals surface area contributed by atoms with Crippen molar-refractivity contribution in [2.45, 2.75) is 20.3 Å². The predicted octanol–water partition coefficient (Wildman–Crippen LogP) is 5.08. The minimum atomic E-state index is 0.0881. The van der Waals surface area contributed by atoms with E-state index < -0.39 is 0 Å². The summed E-state index contributed by atoms with van der Waals surface area (Å²) in [5.74, 6) is 2.76. The van der Waals surface area contributed by atoms with E-state index in [1.165, 1.54) is 6.42 Å². The van der Waals surface area contributed by atoms with Crippen LogP contribution in [0.15, 0.2) is 54.6 Å². The van der Waals surface area contributed by atoms with E-state index >= 15 is 0 Å². The number of rotatable bonds is 3. The van der Waals surface area contributed by atoms with Gasteiger partial charge in [-0.3, -0.25) is 4.79 Å². The van der Waals surface area contributed by atoms with Gasteiger partial charge in [0.25, 0.3) is 5.91 Å². The topological polar surface area (TPSA) is 45.3 Å². The summed E-state index contributed by atoms with van der Waals surface area (Å²) in [5, 5.41) is 0.986. The van der Waals surface area contributed by atoms with E-state index in [1.807, 2.05) is 59.5 Å². The lowest BCUT2D eigenvalue weighted by Gasteiger charge is -2.34. The number of carbonyl (C=O) groups excluding carboxylic acids is 1. The van der Waals surface area contributed by atoms with Crippen molar-refractivity contribution in [3.63, 3.8) is 0 Å². The lowest BCUT2D eigenvalue weighted by Crippen LogP contribution is -2.42. The van der Waals surface area contributed by atoms with Crippen LogP contribution in [0.3, 0.4) is 0 Å². The third-order valence-electron chi connectivity index (χ3n) is 4.96. The SMILES string of the molecule is C[C@H]1C[C@H](C)CN(C(=O)c2cc3cc(Oc4ccccc4)ccc3[nH]2)C1. The number of amides is 1. The molecule has 1 saturated heterocycles. The average molecular weight is 348 g/mol. The van der Waals surface area contributed by atoms with Crippen molar-refractivity contribution in [2.75, 3.05) is 13.1 Å². The van der Waals surface area contributed by atoms with Gasteiger partial charge in [0.15, 0.2) is 0 Å². The first kappa shape index (κ1) is 16.7. The lowest BCUT2D eigenvalue weighted by atomic mass is 9.92. The minimum absolute atomic E-state index is 0.0881. The van der Waals surface area contributed by atoms with E-state index in [4.69, 9.17) is 4.74 Å². The van der Waals surface area contributed by atoms with Gasteiger partial charge >= 0.3 is 0 Å². The maximum Gasteiger partial charge on any atom is 0.270 e. The monoisotopic (exact) mass is 348 g/mol. The van der Waals surface area contributed by atoms with E-state index in [0.717, 1.165) is 35.5 Å². The Labute approximate surface area is 153 Å². The van der Waals surface area contributed by atoms with E-state index in [0.29, 0.717) is 17.5 Å². The quantitative estimate of drug-likeness (QED) is 0.717. The molecule has 2 atom stereocenters. The van der Waals surface area contributed by atoms with Crippen LogP contribution < -0.4 is 4.74 Å². The summed E-state index contributed by atoms with van der Waals surface area (Å²) in [4.78, 5) is 18.1. The molecule has 0 unspecified atom stereocenters. The third-order valence-corrected chi connectivity index (χ3v) is 4.96. The van der Waals surface area contributed by atoms with Gasteiger partial charge in [-0.2, -0.15) is 0 Å². The van der Waals surface area contributed by atoms with Crippen LogP contribution in [0.5, 0.6) is 11.5 Å². The van der Waals surface area contributed by atoms with Crippen LogP contribution in [0.2, 0.25) is 0 Å². The molecule has 0 radical (unpaired) electrons. The smallest absolute Gasteiger partial charge is 0.270 e. The van der Waals surface area contributed by atoms with Gasteiger partial charge in [0.05, 0.1) is 0 Å². The highest BCUT2D eigenvalue weighted by atomic mass is 16.5. The molecule has 1 aromatic heterocycles. The van der Waals surface area contributed by atoms with Crippen molar-refractivity contribution in [2.24, 2.45) is 11.8 Å². The van der Waals surface area contributed by atoms with E-state index in [9.17, 15) is 4.79 Å². The van der Waals surface area contributed by atoms with Crippen LogP contribution in [0.25, 0.3) is 10.9 Å². The Morgan fingerprint density at radius 2 is 1.73 bits per heavy atom. The van der Waals surface area contributed by atoms with Gasteiger partial charge in [0.1, 0.15) is 17.2 Å². The van der Waals surface area contributed by atoms with Gasteiger partial charge < -0.3 is 14.6 Å². The molecule has 2 aromatic carbocycles. The van der Waals surface area contributed by atoms with Crippen molar-refractivity contribution < 1.29 is 9.53 Å². The fourth-order valence-electron chi connectivity index (χ4n) is 3.91. The molecular formula is C22H24N2O2. The van der Waals surface area contributed by atoms with Gasteiger partial charge in [0, 0.05) is 24.0 Å². The fourth-order valence-corrected chi connectivity index (χ4v) is 3.91. The molecule has 3 aromatic rings. The first-order valence-corrected chi connectivity index (χ1v) is 9.23. The fraction of sp³-hybridized carbons (Fsp3) is 0.318. The summed E-state index contributed by atoms with van der Waals surface area (Å²) >= 11 is 0. The second-order valence-electron chi connectivity index (χ2n) is 7.50. The number of aromatic amines is 1. The van der Waals surface area contributed by atoms with Crippen LogP contribution in [-0.4, -0.2) is 28.9 Å². The Balaban J connectivity index is 1.56. The summed E-state index contributed by atoms with van der Waals surface area (Å²) in [6.45, 7) is 6.10. The number of piperidine rings is 1. The van der Waals surface area contributed by atoms with Gasteiger partial charge in [-0.1, -0.05) is 32.0 Å². The van der Waals surface area contributed by atoms with Gasteiger partial charge in [-0.25, -0.2) is 0 Å². The molecule has 1 aliphatic heterocycles. The number of ether oxygens (including phenoxy) is 1. The summed E-state index contributed by atoms with van der Waals surface area (Å²) in [7, 11) is 0. The molecule has 26 heavy (non-hydrogen) atoms. The standard InChI is InChI=1S/C22H24N2O2/c1-15-10-16(2)14-24(13-15)22(25)21-12-17-11-19(8-9-20(17)23-21)26-18-6-4-3-5-7-18/h3-9,11-12,15-16,23H,10,13-14H2,1-2H3/t15-,16-/m0/s1. The van der Waals surface area contributed by atoms with Crippen LogP contribution in [0, 0.1) is 11.8 Å². The number of nitrogens with one attached hydrogen (secondary N) is 1. The Bertz CT molecular complexity index is 906. The molecule has 0 aliphatic carbocycles. The van der Waals surface area contributed by atoms with Gasteiger partial charge in [-0.05, 0) is 54.7 Å². The summed E-state index contributed by atoms with van der Waals surface area (Å²) in [5.41, 5.74) is 1.60. The van der Waals surface area contributed by atoms with Crippen LogP contribution in [0.4, 0.5) is 0 Å². The molecule has 0 saturated carbocycles. The Morgan fingerprint density at radius 3 is 2.46 bits per heavy atom. The van der Waals surface area contributed by atoms with Crippen molar-refractivity contribution >= 4 is 16.8 Å². The maximum atomic E-state index is 12.9. The molecule has 134 valence electrons. The zero-order valence-electron chi connectivity index (χ0n) is 15.2. The number of carbonyl (C=O) groups is 1. The molecule has 1 amide bonds. The van der Waals surface area contributed by atoms with E-state index in [-0.39, 0.29) is 5.91 Å². The third kappa shape index (κ3) is 3.45. The van der Waals surface area contributed by atoms with Crippen molar-refractivity contribution in [3.05, 3.63) is 60.3 Å². The summed E-state index contributed by atoms with van der Waals surface area (Å²) in [6.07, 6.45) is 1.19. The van der Waals surface area contributed by atoms with Crippen LogP contribution in [0.1, 0.15) is 30.8 Å². The second kappa shape index (κ2) is 6.87. The number of para-hydroxylation sites is 1. The highest BCUT2D eigenvalue weighted by molar-refractivity contribution is 5.98. The normalized spacial score (nSPS) is 20.3. The summed E-state index contributed by atoms with van der Waals surface area (Å²) in [6, 6.07) is 17.5. The van der Waals surface area contributed by atoms with Crippen LogP contribution >= 0.6 is 0 Å². The molecular weight excluding hydrogens is 324 g/mol. The molecule has 1 fully saturated rings. The molecule has 2 heterocycles. The lowest BCUT2D eigenvalue weighted by molar-refractivity contribution is 0.0618. The molecule has 0 bridgehead atoms. The molecule has 1 N–H and O–H groups in total. The number of H-pyrrole nitrogens is 1. The first-order chi connectivity index (χ1) is 12.6. The van der Waals surface area contributed by atoms with Crippen molar-refractivity contribution in [1.29, 1.82) is 0 Å².